The van der Waals surface area contributed by atoms with Gasteiger partial charge in [0.1, 0.15) is 146 Å². The van der Waals surface area contributed by atoms with E-state index in [4.69, 9.17) is 65.8 Å². The maximum absolute atomic E-state index is 13.6. The summed E-state index contributed by atoms with van der Waals surface area (Å²) in [6, 6.07) is -7.50. The number of rotatable bonds is 31. The van der Waals surface area contributed by atoms with Gasteiger partial charge in [0.15, 0.2) is 62.3 Å². The lowest BCUT2D eigenvalue weighted by molar-refractivity contribution is -0.389. The highest BCUT2D eigenvalue weighted by Gasteiger charge is 2.64. The largest absolute Gasteiger partial charge is 0.479 e. The first kappa shape index (κ1) is 91.4. The molecule has 3 amide bonds. The molecule has 0 spiro atoms. The summed E-state index contributed by atoms with van der Waals surface area (Å²) in [7, 11) is -29.9. The SMILES string of the molecule is CC(=O)N[C@H]1[C@H](O[C@H]2[C@H](OS(=O)(=O)O)[C@@H](O)[C@H](O[C@@H]3[C@@H](NC(C)=O)[C@H](O[C@H]4[C@H](O[C@@H]5O[C@@H](C)[C@@H](O)[C@@H](O)[C@@H]5O)[C@@H](O)[C@H](O[C@H]5[C@@H](OS(=O)(=O)O)[C@@H](CO)OC(O)[C@@H]5NC(C)=O)O[C@@H]4C(=O)O)O[C@H](CO)[C@@H]3OS(=O)(=O)O)O[C@@H]2C(=O)O)O[C@H](CO)[C@H](OS(=O)(=O)O)[C@@H]1O[C@@H]1O[C@H](C(=O)O)[C@@H](O)[C@H](OS(=O)(=O)O)[C@H]1O. The van der Waals surface area contributed by atoms with Crippen LogP contribution in [0.1, 0.15) is 27.7 Å². The lowest BCUT2D eigenvalue weighted by Gasteiger charge is -2.52. The number of carboxylic acid groups (broad SMARTS) is 3. The van der Waals surface area contributed by atoms with E-state index in [2.05, 4.69) is 22.0 Å². The van der Waals surface area contributed by atoms with Crippen LogP contribution in [0.25, 0.3) is 0 Å². The van der Waals surface area contributed by atoms with Crippen molar-refractivity contribution in [3.8, 4) is 0 Å². The van der Waals surface area contributed by atoms with Gasteiger partial charge in [-0.25, -0.2) is 35.3 Å². The van der Waals surface area contributed by atoms with Crippen LogP contribution in [-0.2, 0) is 163 Å². The van der Waals surface area contributed by atoms with Gasteiger partial charge < -0.3 is 149 Å². The fourth-order valence-corrected chi connectivity index (χ4v) is 14.8. The molecule has 7 heterocycles. The van der Waals surface area contributed by atoms with Crippen molar-refractivity contribution in [2.24, 2.45) is 0 Å². The average Bonchev–Trinajstić information content (AvgIpc) is 0.757. The first-order valence-electron chi connectivity index (χ1n) is 30.7. The molecule has 0 aromatic rings. The van der Waals surface area contributed by atoms with E-state index < -0.39 is 322 Å². The first-order chi connectivity index (χ1) is 50.2. The van der Waals surface area contributed by atoms with E-state index >= 15 is 0 Å². The Balaban J connectivity index is 1.34. The lowest BCUT2D eigenvalue weighted by atomic mass is 9.93. The van der Waals surface area contributed by atoms with Crippen molar-refractivity contribution in [3.63, 3.8) is 0 Å². The van der Waals surface area contributed by atoms with Crippen LogP contribution in [0.3, 0.4) is 0 Å². The molecule has 56 nitrogen and oxygen atoms in total. The highest BCUT2D eigenvalue weighted by molar-refractivity contribution is 7.81. The van der Waals surface area contributed by atoms with Crippen LogP contribution in [0.4, 0.5) is 0 Å². The van der Waals surface area contributed by atoms with Crippen LogP contribution in [0.5, 0.6) is 0 Å². The summed E-state index contributed by atoms with van der Waals surface area (Å²) in [6.07, 6.45) is -87.0. The molecule has 61 heteroatoms. The number of carbonyl (C=O) groups is 6. The number of ether oxygens (including phenoxy) is 13. The summed E-state index contributed by atoms with van der Waals surface area (Å²) in [5.41, 5.74) is 0. The zero-order valence-electron chi connectivity index (χ0n) is 55.2. The lowest BCUT2D eigenvalue weighted by Crippen LogP contribution is -2.72. The Morgan fingerprint density at radius 2 is 0.596 bits per heavy atom. The third kappa shape index (κ3) is 23.0. The summed E-state index contributed by atoms with van der Waals surface area (Å²) in [4.78, 5) is 78.4. The van der Waals surface area contributed by atoms with Crippen LogP contribution in [0, 0.1) is 0 Å². The van der Waals surface area contributed by atoms with E-state index in [0.29, 0.717) is 13.8 Å². The van der Waals surface area contributed by atoms with E-state index in [9.17, 15) is 165 Å². The van der Waals surface area contributed by atoms with Gasteiger partial charge in [0.05, 0.1) is 25.9 Å². The van der Waals surface area contributed by atoms with Crippen LogP contribution in [0.2, 0.25) is 0 Å². The zero-order chi connectivity index (χ0) is 82.1. The standard InChI is InChI=1S/C48H75N3O53S5/c1-8-18(58)19(59)20(60)45(87-8)94-32-23(63)47(91-28-15(49-9(2)55)42(71)88-12(5-52)25(28)100-105(72,73)74)98-37(40(67)68)35(32)96-43-16(50-10(3)56)30(27(13(6-53)89-43)102-107(78,79)80)93-48-24(64)33(104-109(84,85)86)36(38(99-48)41(69)70)97-44-17(51-11(4)57)29(26(14(7-54)90-44)101-106(75,76)77)92-46-22(62)31(103-108(81,82)83)21(61)34(95-46)39(65)66/h8,12-38,42-48,52-54,58-64,71H,5-7H2,1-4H3,(H,49,55)(H,50,56)(H,51,57)(H,65,66)(H,67,68)(H,69,70)(H,72,73,74)(H,75,76,77)(H,78,79,80)(H,81,82,83)(H,84,85,86)/t8-,12+,13+,14+,15+,16+,17+,18+,19+,20-,21-,22+,23+,24+,25-,26-,27-,28+,29+,30+,31-,32+,33+,34-,35-,36-,37-,38-,42?,43-,44-,45-,46+,47+,48+/m0/s1. The van der Waals surface area contributed by atoms with Crippen molar-refractivity contribution in [3.05, 3.63) is 0 Å². The average molecular weight is 1700 g/mol. The minimum atomic E-state index is -6.29. The molecule has 0 aliphatic carbocycles. The molecule has 0 aromatic carbocycles. The second-order valence-electron chi connectivity index (χ2n) is 24.4. The summed E-state index contributed by atoms with van der Waals surface area (Å²) < 4.78 is 270. The van der Waals surface area contributed by atoms with Gasteiger partial charge in [-0.1, -0.05) is 0 Å². The van der Waals surface area contributed by atoms with E-state index in [-0.39, 0.29) is 0 Å². The molecule has 109 heavy (non-hydrogen) atoms. The van der Waals surface area contributed by atoms with Crippen LogP contribution >= 0.6 is 0 Å². The molecule has 22 N–H and O–H groups in total. The normalized spacial score (nSPS) is 42.1. The quantitative estimate of drug-likeness (QED) is 0.0287. The van der Waals surface area contributed by atoms with E-state index in [1.807, 2.05) is 10.6 Å². The molecular weight excluding hydrogens is 1630 g/mol. The molecule has 0 radical (unpaired) electrons. The van der Waals surface area contributed by atoms with Crippen molar-refractivity contribution < 1.29 is 248 Å². The third-order valence-corrected chi connectivity index (χ3v) is 19.0. The van der Waals surface area contributed by atoms with Crippen molar-refractivity contribution >= 4 is 87.6 Å². The summed E-state index contributed by atoms with van der Waals surface area (Å²) >= 11 is 0. The van der Waals surface area contributed by atoms with Crippen LogP contribution in [0.15, 0.2) is 0 Å². The molecule has 7 fully saturated rings. The Labute approximate surface area is 611 Å². The fourth-order valence-electron chi connectivity index (χ4n) is 12.3. The number of aliphatic hydroxyl groups excluding tert-OH is 11. The fraction of sp³-hybridized carbons (Fsp3) is 0.875. The zero-order valence-corrected chi connectivity index (χ0v) is 59.3. The number of carbonyl (C=O) groups excluding carboxylic acids is 3. The predicted molar refractivity (Wildman–Crippen MR) is 319 cm³/mol. The molecule has 7 aliphatic heterocycles. The van der Waals surface area contributed by atoms with Gasteiger partial charge in [0.25, 0.3) is 0 Å². The van der Waals surface area contributed by atoms with Gasteiger partial charge in [0.2, 0.25) is 17.7 Å². The molecule has 7 rings (SSSR count). The number of hydrogen-bond acceptors (Lipinski definition) is 45. The molecule has 0 aromatic heterocycles. The maximum Gasteiger partial charge on any atom is 0.397 e. The van der Waals surface area contributed by atoms with Gasteiger partial charge in [0, 0.05) is 20.8 Å². The molecule has 7 aliphatic rings. The van der Waals surface area contributed by atoms with Gasteiger partial charge in [-0.05, 0) is 6.92 Å². The number of hydrogen-bond donors (Lipinski definition) is 22. The highest BCUT2D eigenvalue weighted by Crippen LogP contribution is 2.41. The van der Waals surface area contributed by atoms with Crippen LogP contribution < -0.4 is 16.0 Å². The molecule has 0 saturated carbocycles. The minimum absolute atomic E-state index is 0.599. The smallest absolute Gasteiger partial charge is 0.397 e. The van der Waals surface area contributed by atoms with E-state index in [0.717, 1.165) is 13.8 Å². The molecule has 1 unspecified atom stereocenters. The summed E-state index contributed by atoms with van der Waals surface area (Å²) in [5.74, 6) is -11.0. The Hall–Kier alpha value is -4.79. The van der Waals surface area contributed by atoms with Gasteiger partial charge >= 0.3 is 69.9 Å². The Morgan fingerprint density at radius 1 is 0.312 bits per heavy atom. The van der Waals surface area contributed by atoms with Gasteiger partial charge in [-0.15, -0.1) is 0 Å². The number of nitrogens with one attached hydrogen (secondary N) is 3. The van der Waals surface area contributed by atoms with Crippen molar-refractivity contribution in [1.29, 1.82) is 0 Å². The molecule has 0 bridgehead atoms. The molecule has 630 valence electrons. The van der Waals surface area contributed by atoms with Crippen molar-refractivity contribution in [2.75, 3.05) is 19.8 Å². The number of amides is 3. The number of aliphatic hydroxyl groups is 11. The summed E-state index contributed by atoms with van der Waals surface area (Å²) in [5, 5.41) is 159. The Kier molecular flexibility index (Phi) is 30.5. The Bertz CT molecular complexity index is 3790. The highest BCUT2D eigenvalue weighted by atomic mass is 32.3. The monoisotopic (exact) mass is 1700 g/mol. The predicted octanol–water partition coefficient (Wildman–Crippen LogP) is -15.4. The van der Waals surface area contributed by atoms with Crippen molar-refractivity contribution in [1.82, 2.24) is 16.0 Å². The third-order valence-electron chi connectivity index (χ3n) is 16.6. The number of carboxylic acids is 3. The second kappa shape index (κ2) is 36.4. The second-order valence-corrected chi connectivity index (χ2v) is 29.6. The first-order valence-corrected chi connectivity index (χ1v) is 37.6. The van der Waals surface area contributed by atoms with Gasteiger partial charge in [-0.2, -0.15) is 42.1 Å². The summed E-state index contributed by atoms with van der Waals surface area (Å²) in [6.45, 7) is -1.66. The number of aliphatic carboxylic acids is 3. The van der Waals surface area contributed by atoms with E-state index in [1.54, 1.807) is 0 Å². The van der Waals surface area contributed by atoms with Gasteiger partial charge in [-0.3, -0.25) is 37.1 Å². The van der Waals surface area contributed by atoms with Crippen LogP contribution in [-0.4, -0.2) is 407 Å². The Morgan fingerprint density at radius 3 is 0.954 bits per heavy atom. The van der Waals surface area contributed by atoms with E-state index in [1.165, 1.54) is 0 Å². The topological polar surface area (TPSA) is 860 Å². The molecule has 7 saturated heterocycles. The minimum Gasteiger partial charge on any atom is -0.479 e. The van der Waals surface area contributed by atoms with Crippen molar-refractivity contribution in [2.45, 2.75) is 242 Å². The molecular formula is C48H75N3O53S5. The maximum atomic E-state index is 13.6. The molecule has 35 atom stereocenters.